The van der Waals surface area contributed by atoms with E-state index in [-0.39, 0.29) is 5.78 Å². The van der Waals surface area contributed by atoms with Gasteiger partial charge in [0.15, 0.2) is 0 Å². The molecular formula is C12H23N3OSi. The number of hydrogen-bond acceptors (Lipinski definition) is 2. The summed E-state index contributed by atoms with van der Waals surface area (Å²) in [7, 11) is -1.10. The van der Waals surface area contributed by atoms with Crippen LogP contribution in [-0.4, -0.2) is 48.5 Å². The maximum atomic E-state index is 11.2. The van der Waals surface area contributed by atoms with E-state index < -0.39 is 8.07 Å². The van der Waals surface area contributed by atoms with Gasteiger partial charge in [-0.05, 0) is 32.4 Å². The molecule has 0 bridgehead atoms. The average molecular weight is 253 g/mol. The molecular weight excluding hydrogens is 230 g/mol. The number of ketones is 1. The first-order valence-electron chi connectivity index (χ1n) is 6.39. The largest absolute Gasteiger partial charge is 0.361 e. The highest BCUT2D eigenvalue weighted by atomic mass is 28.3. The predicted octanol–water partition coefficient (Wildman–Crippen LogP) is 1.98. The first-order chi connectivity index (χ1) is 7.95. The van der Waals surface area contributed by atoms with Crippen LogP contribution >= 0.6 is 0 Å². The molecule has 1 atom stereocenters. The second-order valence-corrected chi connectivity index (χ2v) is 11.3. The van der Waals surface area contributed by atoms with Crippen molar-refractivity contribution in [3.63, 3.8) is 0 Å². The van der Waals surface area contributed by atoms with Crippen molar-refractivity contribution >= 4 is 20.1 Å². The summed E-state index contributed by atoms with van der Waals surface area (Å²) in [6.07, 6.45) is 4.97. The predicted molar refractivity (Wildman–Crippen MR) is 71.9 cm³/mol. The zero-order chi connectivity index (χ0) is 12.9. The van der Waals surface area contributed by atoms with E-state index in [2.05, 4.69) is 29.3 Å². The van der Waals surface area contributed by atoms with Crippen LogP contribution in [0.15, 0.2) is 0 Å². The molecule has 1 heterocycles. The highest BCUT2D eigenvalue weighted by molar-refractivity contribution is 6.77. The Hall–Kier alpha value is -0.773. The van der Waals surface area contributed by atoms with E-state index in [1.54, 1.807) is 0 Å². The maximum Gasteiger partial charge on any atom is 0.323 e. The van der Waals surface area contributed by atoms with Crippen molar-refractivity contribution in [2.75, 3.05) is 13.1 Å². The highest BCUT2D eigenvalue weighted by Crippen LogP contribution is 2.25. The van der Waals surface area contributed by atoms with Crippen LogP contribution in [0, 0.1) is 0 Å². The van der Waals surface area contributed by atoms with Crippen molar-refractivity contribution in [1.29, 1.82) is 0 Å². The fraction of sp³-hybridized carbons (Fsp3) is 0.833. The van der Waals surface area contributed by atoms with Crippen LogP contribution in [0.25, 0.3) is 5.53 Å². The number of carbonyl (C=O) groups is 1. The Labute approximate surface area is 105 Å². The summed E-state index contributed by atoms with van der Waals surface area (Å²) >= 11 is 0. The number of hydrogen-bond donors (Lipinski definition) is 0. The topological polar surface area (TPSA) is 56.7 Å². The summed E-state index contributed by atoms with van der Waals surface area (Å²) in [5.74, 6) is -0.0868. The lowest BCUT2D eigenvalue weighted by Gasteiger charge is -2.33. The zero-order valence-corrected chi connectivity index (χ0v) is 12.1. The van der Waals surface area contributed by atoms with Crippen LogP contribution in [-0.2, 0) is 4.79 Å². The Bertz CT molecular complexity index is 318. The third-order valence-corrected chi connectivity index (χ3v) is 6.09. The number of likely N-dealkylation sites (tertiary alicyclic amines) is 1. The standard InChI is InChI=1S/C12H23N3OSi/c1-17(2,3)12-7-5-9-15(12)8-4-6-11(16)10-14-13/h10,12H,4-9H2,1-3H3/t12-/m0/s1. The summed E-state index contributed by atoms with van der Waals surface area (Å²) in [5, 5.41) is 0. The van der Waals surface area contributed by atoms with Crippen molar-refractivity contribution in [2.45, 2.75) is 51.0 Å². The first kappa shape index (κ1) is 14.3. The summed E-state index contributed by atoms with van der Waals surface area (Å²) in [6.45, 7) is 9.43. The van der Waals surface area contributed by atoms with Gasteiger partial charge in [-0.15, -0.1) is 0 Å². The molecule has 1 aliphatic heterocycles. The smallest absolute Gasteiger partial charge is 0.323 e. The molecule has 0 unspecified atom stereocenters. The summed E-state index contributed by atoms with van der Waals surface area (Å²) in [6, 6.07) is 0. The molecule has 0 aliphatic carbocycles. The summed E-state index contributed by atoms with van der Waals surface area (Å²) < 4.78 is 0. The van der Waals surface area contributed by atoms with Crippen molar-refractivity contribution in [3.05, 3.63) is 5.53 Å². The van der Waals surface area contributed by atoms with Crippen molar-refractivity contribution in [2.24, 2.45) is 0 Å². The van der Waals surface area contributed by atoms with E-state index in [1.807, 2.05) is 0 Å². The third-order valence-electron chi connectivity index (χ3n) is 3.43. The molecule has 17 heavy (non-hydrogen) atoms. The SMILES string of the molecule is C[Si](C)(C)[C@H]1CCCN1CCCC(=O)C=[N+]=[N-]. The molecule has 0 aromatic rings. The fourth-order valence-electron chi connectivity index (χ4n) is 2.66. The lowest BCUT2D eigenvalue weighted by molar-refractivity contribution is -0.116. The Morgan fingerprint density at radius 1 is 1.53 bits per heavy atom. The van der Waals surface area contributed by atoms with E-state index in [9.17, 15) is 4.79 Å². The monoisotopic (exact) mass is 253 g/mol. The van der Waals surface area contributed by atoms with Crippen LogP contribution in [0.1, 0.15) is 25.7 Å². The van der Waals surface area contributed by atoms with Crippen LogP contribution in [0.3, 0.4) is 0 Å². The molecule has 1 saturated heterocycles. The minimum Gasteiger partial charge on any atom is -0.361 e. The van der Waals surface area contributed by atoms with Crippen LogP contribution in [0.4, 0.5) is 0 Å². The normalized spacial score (nSPS) is 21.2. The van der Waals surface area contributed by atoms with Crippen LogP contribution in [0.5, 0.6) is 0 Å². The van der Waals surface area contributed by atoms with Crippen LogP contribution in [0.2, 0.25) is 19.6 Å². The molecule has 0 radical (unpaired) electrons. The quantitative estimate of drug-likeness (QED) is 0.314. The van der Waals surface area contributed by atoms with Crippen molar-refractivity contribution < 1.29 is 9.58 Å². The van der Waals surface area contributed by atoms with E-state index in [0.29, 0.717) is 6.42 Å². The molecule has 4 nitrogen and oxygen atoms in total. The second-order valence-electron chi connectivity index (χ2n) is 5.87. The minimum atomic E-state index is -1.10. The molecule has 0 spiro atoms. The fourth-order valence-corrected chi connectivity index (χ4v) is 5.08. The van der Waals surface area contributed by atoms with E-state index in [1.165, 1.54) is 19.4 Å². The molecule has 1 fully saturated rings. The minimum absolute atomic E-state index is 0.0868. The van der Waals surface area contributed by atoms with Gasteiger partial charge in [0.2, 0.25) is 5.78 Å². The van der Waals surface area contributed by atoms with Gasteiger partial charge in [-0.1, -0.05) is 19.6 Å². The zero-order valence-electron chi connectivity index (χ0n) is 11.1. The van der Waals surface area contributed by atoms with Gasteiger partial charge in [-0.2, -0.15) is 4.79 Å². The Morgan fingerprint density at radius 2 is 2.24 bits per heavy atom. The van der Waals surface area contributed by atoms with Gasteiger partial charge in [0.05, 0.1) is 8.07 Å². The lowest BCUT2D eigenvalue weighted by Crippen LogP contribution is -2.47. The average Bonchev–Trinajstić information content (AvgIpc) is 2.65. The summed E-state index contributed by atoms with van der Waals surface area (Å²) in [5.41, 5.74) is 9.01. The van der Waals surface area contributed by atoms with Gasteiger partial charge in [0.1, 0.15) is 0 Å². The Kier molecular flexibility index (Phi) is 5.24. The molecule has 1 rings (SSSR count). The number of Topliss-reactive ketones (excluding diaryl/α,β-unsaturated/α-hetero) is 1. The van der Waals surface area contributed by atoms with Gasteiger partial charge in [-0.25, -0.2) is 0 Å². The molecule has 1 aliphatic rings. The molecule has 0 N–H and O–H groups in total. The molecule has 0 aromatic heterocycles. The number of nitrogens with zero attached hydrogens (tertiary/aromatic N) is 3. The second kappa shape index (κ2) is 6.24. The van der Waals surface area contributed by atoms with Crippen molar-refractivity contribution in [3.8, 4) is 0 Å². The molecule has 0 saturated carbocycles. The number of rotatable bonds is 6. The lowest BCUT2D eigenvalue weighted by atomic mass is 10.2. The molecule has 5 heteroatoms. The van der Waals surface area contributed by atoms with Gasteiger partial charge in [0, 0.05) is 12.1 Å². The van der Waals surface area contributed by atoms with Crippen LogP contribution < -0.4 is 0 Å². The first-order valence-corrected chi connectivity index (χ1v) is 9.97. The Morgan fingerprint density at radius 3 is 2.82 bits per heavy atom. The molecule has 96 valence electrons. The van der Waals surface area contributed by atoms with E-state index >= 15 is 0 Å². The van der Waals surface area contributed by atoms with E-state index in [0.717, 1.165) is 24.8 Å². The molecule has 0 aromatic carbocycles. The van der Waals surface area contributed by atoms with E-state index in [4.69, 9.17) is 5.53 Å². The van der Waals surface area contributed by atoms with Gasteiger partial charge < -0.3 is 10.4 Å². The summed E-state index contributed by atoms with van der Waals surface area (Å²) in [4.78, 5) is 16.5. The Balaban J connectivity index is 2.36. The number of carbonyl (C=O) groups excluding carboxylic acids is 1. The van der Waals surface area contributed by atoms with Crippen molar-refractivity contribution in [1.82, 2.24) is 4.90 Å². The van der Waals surface area contributed by atoms with Gasteiger partial charge >= 0.3 is 6.21 Å². The molecule has 0 amide bonds. The maximum absolute atomic E-state index is 11.2. The third kappa shape index (κ3) is 4.54. The highest BCUT2D eigenvalue weighted by Gasteiger charge is 2.34. The van der Waals surface area contributed by atoms with Gasteiger partial charge in [-0.3, -0.25) is 4.79 Å². The van der Waals surface area contributed by atoms with Gasteiger partial charge in [0.25, 0.3) is 0 Å².